The van der Waals surface area contributed by atoms with Gasteiger partial charge < -0.3 is 11.6 Å². The minimum Gasteiger partial charge on any atom is -0.382 e. The second kappa shape index (κ2) is 3.56. The second-order valence-corrected chi connectivity index (χ2v) is 4.08. The average molecular weight is 216 g/mol. The third-order valence-electron chi connectivity index (χ3n) is 2.77. The van der Waals surface area contributed by atoms with Crippen molar-refractivity contribution >= 4 is 5.82 Å². The Morgan fingerprint density at radius 2 is 1.88 bits per heavy atom. The summed E-state index contributed by atoms with van der Waals surface area (Å²) in [4.78, 5) is 4.39. The average Bonchev–Trinajstić information content (AvgIpc) is 2.50. The van der Waals surface area contributed by atoms with Crippen molar-refractivity contribution in [3.63, 3.8) is 0 Å². The molecule has 0 bridgehead atoms. The largest absolute Gasteiger partial charge is 0.382 e. The molecule has 2 rings (SSSR count). The molecule has 1 aromatic heterocycles. The molecular weight excluding hydrogens is 200 g/mol. The Balaban J connectivity index is 2.67. The smallest absolute Gasteiger partial charge is 0.150 e. The molecule has 1 aromatic carbocycles. The number of rotatable bonds is 1. The molecule has 0 unspecified atom stereocenters. The Kier molecular flexibility index (Phi) is 2.34. The van der Waals surface area contributed by atoms with Crippen LogP contribution in [0, 0.1) is 20.8 Å². The fourth-order valence-electron chi connectivity index (χ4n) is 1.75. The van der Waals surface area contributed by atoms with Crippen LogP contribution in [0.3, 0.4) is 0 Å². The summed E-state index contributed by atoms with van der Waals surface area (Å²) in [6, 6.07) is 6.21. The summed E-state index contributed by atoms with van der Waals surface area (Å²) in [6.07, 6.45) is 0. The molecule has 0 amide bonds. The SMILES string of the molecule is Cc1ccc(C)c(-c2nc(C)n(N)c2N)c1. The fraction of sp³-hybridized carbons (Fsp3) is 0.250. The van der Waals surface area contributed by atoms with Gasteiger partial charge in [0.1, 0.15) is 11.5 Å². The summed E-state index contributed by atoms with van der Waals surface area (Å²) >= 11 is 0. The Labute approximate surface area is 94.9 Å². The van der Waals surface area contributed by atoms with Crippen LogP contribution in [0.4, 0.5) is 5.82 Å². The molecule has 0 atom stereocenters. The van der Waals surface area contributed by atoms with Crippen molar-refractivity contribution in [2.24, 2.45) is 0 Å². The maximum atomic E-state index is 5.93. The number of hydrogen-bond donors (Lipinski definition) is 2. The maximum absolute atomic E-state index is 5.93. The van der Waals surface area contributed by atoms with Crippen molar-refractivity contribution in [2.45, 2.75) is 20.8 Å². The second-order valence-electron chi connectivity index (χ2n) is 4.08. The summed E-state index contributed by atoms with van der Waals surface area (Å²) < 4.78 is 1.41. The number of nitrogens with two attached hydrogens (primary N) is 2. The number of anilines is 1. The van der Waals surface area contributed by atoms with E-state index in [9.17, 15) is 0 Å². The molecule has 4 N–H and O–H groups in total. The van der Waals surface area contributed by atoms with E-state index in [0.29, 0.717) is 11.6 Å². The van der Waals surface area contributed by atoms with Gasteiger partial charge in [-0.2, -0.15) is 0 Å². The molecule has 0 aliphatic rings. The van der Waals surface area contributed by atoms with Crippen LogP contribution in [0.2, 0.25) is 0 Å². The topological polar surface area (TPSA) is 69.9 Å². The van der Waals surface area contributed by atoms with Crippen molar-refractivity contribution < 1.29 is 0 Å². The van der Waals surface area contributed by atoms with E-state index >= 15 is 0 Å². The first kappa shape index (κ1) is 10.5. The third-order valence-corrected chi connectivity index (χ3v) is 2.77. The monoisotopic (exact) mass is 216 g/mol. The van der Waals surface area contributed by atoms with Gasteiger partial charge in [-0.25, -0.2) is 9.66 Å². The van der Waals surface area contributed by atoms with E-state index in [0.717, 1.165) is 16.8 Å². The van der Waals surface area contributed by atoms with Crippen LogP contribution >= 0.6 is 0 Å². The highest BCUT2D eigenvalue weighted by Gasteiger charge is 2.13. The molecule has 0 fully saturated rings. The van der Waals surface area contributed by atoms with E-state index in [2.05, 4.69) is 23.2 Å². The predicted octanol–water partition coefficient (Wildman–Crippen LogP) is 1.77. The number of aromatic nitrogens is 2. The zero-order valence-corrected chi connectivity index (χ0v) is 9.78. The van der Waals surface area contributed by atoms with E-state index < -0.39 is 0 Å². The lowest BCUT2D eigenvalue weighted by Crippen LogP contribution is -2.13. The van der Waals surface area contributed by atoms with Gasteiger partial charge in [-0.15, -0.1) is 0 Å². The summed E-state index contributed by atoms with van der Waals surface area (Å²) in [6.45, 7) is 5.93. The number of hydrogen-bond acceptors (Lipinski definition) is 3. The maximum Gasteiger partial charge on any atom is 0.150 e. The van der Waals surface area contributed by atoms with E-state index in [1.165, 1.54) is 10.2 Å². The van der Waals surface area contributed by atoms with Gasteiger partial charge in [0, 0.05) is 5.56 Å². The number of nitrogen functional groups attached to an aromatic ring is 2. The van der Waals surface area contributed by atoms with Crippen LogP contribution in [-0.2, 0) is 0 Å². The van der Waals surface area contributed by atoms with E-state index in [1.807, 2.05) is 20.8 Å². The number of imidazole rings is 1. The van der Waals surface area contributed by atoms with Crippen LogP contribution in [0.5, 0.6) is 0 Å². The van der Waals surface area contributed by atoms with E-state index in [4.69, 9.17) is 11.6 Å². The predicted molar refractivity (Wildman–Crippen MR) is 66.4 cm³/mol. The lowest BCUT2D eigenvalue weighted by molar-refractivity contribution is 0.937. The van der Waals surface area contributed by atoms with Crippen LogP contribution in [0.25, 0.3) is 11.3 Å². The Bertz CT molecular complexity index is 540. The zero-order valence-electron chi connectivity index (χ0n) is 9.78. The van der Waals surface area contributed by atoms with Gasteiger partial charge in [-0.3, -0.25) is 0 Å². The molecule has 2 aromatic rings. The summed E-state index contributed by atoms with van der Waals surface area (Å²) in [7, 11) is 0. The number of aryl methyl sites for hydroxylation is 3. The van der Waals surface area contributed by atoms with Gasteiger partial charge in [-0.05, 0) is 32.4 Å². The Morgan fingerprint density at radius 1 is 1.19 bits per heavy atom. The normalized spacial score (nSPS) is 10.7. The van der Waals surface area contributed by atoms with Gasteiger partial charge in [0.2, 0.25) is 0 Å². The lowest BCUT2D eigenvalue weighted by Gasteiger charge is -2.05. The summed E-state index contributed by atoms with van der Waals surface area (Å²) in [5.74, 6) is 6.98. The summed E-state index contributed by atoms with van der Waals surface area (Å²) in [5.41, 5.74) is 10.1. The quantitative estimate of drug-likeness (QED) is 0.714. The van der Waals surface area contributed by atoms with Crippen LogP contribution in [0.15, 0.2) is 18.2 Å². The molecular formula is C12H16N4. The van der Waals surface area contributed by atoms with Crippen LogP contribution < -0.4 is 11.6 Å². The molecule has 4 heteroatoms. The first-order chi connectivity index (χ1) is 7.50. The highest BCUT2D eigenvalue weighted by molar-refractivity contribution is 5.74. The van der Waals surface area contributed by atoms with Gasteiger partial charge >= 0.3 is 0 Å². The lowest BCUT2D eigenvalue weighted by atomic mass is 10.0. The fourth-order valence-corrected chi connectivity index (χ4v) is 1.75. The van der Waals surface area contributed by atoms with Gasteiger partial charge in [0.05, 0.1) is 0 Å². The van der Waals surface area contributed by atoms with Crippen molar-refractivity contribution in [3.8, 4) is 11.3 Å². The minimum absolute atomic E-state index is 0.506. The first-order valence-electron chi connectivity index (χ1n) is 5.18. The van der Waals surface area contributed by atoms with Gasteiger partial charge in [0.15, 0.2) is 5.82 Å². The number of benzene rings is 1. The van der Waals surface area contributed by atoms with Gasteiger partial charge in [0.25, 0.3) is 0 Å². The van der Waals surface area contributed by atoms with Crippen molar-refractivity contribution in [2.75, 3.05) is 11.6 Å². The van der Waals surface area contributed by atoms with E-state index in [-0.39, 0.29) is 0 Å². The molecule has 0 saturated carbocycles. The molecule has 4 nitrogen and oxygen atoms in total. The molecule has 0 radical (unpaired) electrons. The molecule has 0 aliphatic carbocycles. The minimum atomic E-state index is 0.506. The third kappa shape index (κ3) is 1.52. The molecule has 0 spiro atoms. The zero-order chi connectivity index (χ0) is 11.9. The highest BCUT2D eigenvalue weighted by Crippen LogP contribution is 2.28. The van der Waals surface area contributed by atoms with Crippen molar-refractivity contribution in [1.29, 1.82) is 0 Å². The van der Waals surface area contributed by atoms with Gasteiger partial charge in [-0.1, -0.05) is 17.7 Å². The van der Waals surface area contributed by atoms with Crippen LogP contribution in [-0.4, -0.2) is 9.66 Å². The standard InChI is InChI=1S/C12H16N4/c1-7-4-5-8(2)10(6-7)11-12(13)16(14)9(3)15-11/h4-6H,13-14H2,1-3H3. The molecule has 16 heavy (non-hydrogen) atoms. The highest BCUT2D eigenvalue weighted by atomic mass is 15.4. The summed E-state index contributed by atoms with van der Waals surface area (Å²) in [5, 5.41) is 0. The molecule has 0 aliphatic heterocycles. The molecule has 84 valence electrons. The number of nitrogens with zero attached hydrogens (tertiary/aromatic N) is 2. The Hall–Kier alpha value is -1.97. The van der Waals surface area contributed by atoms with Crippen LogP contribution in [0.1, 0.15) is 17.0 Å². The first-order valence-corrected chi connectivity index (χ1v) is 5.18. The molecule has 0 saturated heterocycles. The van der Waals surface area contributed by atoms with Crippen molar-refractivity contribution in [1.82, 2.24) is 9.66 Å². The Morgan fingerprint density at radius 3 is 2.44 bits per heavy atom. The molecule has 1 heterocycles. The van der Waals surface area contributed by atoms with E-state index in [1.54, 1.807) is 0 Å². The van der Waals surface area contributed by atoms with Crippen molar-refractivity contribution in [3.05, 3.63) is 35.2 Å².